The number of carbonyl (C=O) groups excluding carboxylic acids is 1. The van der Waals surface area contributed by atoms with Crippen LogP contribution in [0.4, 0.5) is 0 Å². The SMILES string of the molecule is CCOCCCNC(=NCC(=O)N(C)C)NCC(CC(C)C)N1CCOCC1. The number of likely N-dealkylation sites (N-methyl/N-ethyl adjacent to an activating group) is 1. The van der Waals surface area contributed by atoms with E-state index in [1.165, 1.54) is 0 Å². The summed E-state index contributed by atoms with van der Waals surface area (Å²) in [4.78, 5) is 20.4. The fourth-order valence-electron chi connectivity index (χ4n) is 3.05. The van der Waals surface area contributed by atoms with Crippen molar-refractivity contribution >= 4 is 11.9 Å². The number of morpholine rings is 1. The molecule has 1 aliphatic rings. The minimum Gasteiger partial charge on any atom is -0.382 e. The Balaban J connectivity index is 2.63. The second kappa shape index (κ2) is 14.6. The molecule has 8 nitrogen and oxygen atoms in total. The molecule has 1 rings (SSSR count). The Bertz CT molecular complexity index is 451. The minimum atomic E-state index is -0.0117. The lowest BCUT2D eigenvalue weighted by molar-refractivity contribution is -0.127. The van der Waals surface area contributed by atoms with Gasteiger partial charge >= 0.3 is 0 Å². The molecule has 1 saturated heterocycles. The number of guanidine groups is 1. The van der Waals surface area contributed by atoms with Gasteiger partial charge < -0.3 is 25.0 Å². The van der Waals surface area contributed by atoms with Crippen LogP contribution < -0.4 is 10.6 Å². The number of hydrogen-bond acceptors (Lipinski definition) is 5. The molecule has 0 aromatic carbocycles. The van der Waals surface area contributed by atoms with E-state index in [9.17, 15) is 4.79 Å². The maximum Gasteiger partial charge on any atom is 0.243 e. The van der Waals surface area contributed by atoms with Crippen LogP contribution in [0.15, 0.2) is 4.99 Å². The van der Waals surface area contributed by atoms with Gasteiger partial charge in [-0.2, -0.15) is 0 Å². The molecule has 2 N–H and O–H groups in total. The zero-order valence-corrected chi connectivity index (χ0v) is 18.5. The van der Waals surface area contributed by atoms with Gasteiger partial charge in [-0.05, 0) is 25.7 Å². The molecule has 0 bridgehead atoms. The van der Waals surface area contributed by atoms with E-state index in [0.717, 1.165) is 65.4 Å². The number of hydrogen-bond donors (Lipinski definition) is 2. The highest BCUT2D eigenvalue weighted by Crippen LogP contribution is 2.13. The van der Waals surface area contributed by atoms with Crippen molar-refractivity contribution in [2.45, 2.75) is 39.7 Å². The van der Waals surface area contributed by atoms with Crippen molar-refractivity contribution < 1.29 is 14.3 Å². The van der Waals surface area contributed by atoms with Gasteiger partial charge in [0.05, 0.1) is 13.2 Å². The molecule has 1 amide bonds. The third-order valence-corrected chi connectivity index (χ3v) is 4.64. The fraction of sp³-hybridized carbons (Fsp3) is 0.900. The lowest BCUT2D eigenvalue weighted by atomic mass is 10.0. The molecule has 1 fully saturated rings. The van der Waals surface area contributed by atoms with Gasteiger partial charge in [-0.3, -0.25) is 9.69 Å². The van der Waals surface area contributed by atoms with E-state index in [4.69, 9.17) is 9.47 Å². The molecule has 0 radical (unpaired) electrons. The van der Waals surface area contributed by atoms with Gasteiger partial charge in [-0.25, -0.2) is 4.99 Å². The first kappa shape index (κ1) is 24.7. The van der Waals surface area contributed by atoms with Crippen LogP contribution >= 0.6 is 0 Å². The first-order chi connectivity index (χ1) is 13.4. The van der Waals surface area contributed by atoms with Crippen molar-refractivity contribution in [2.75, 3.05) is 73.2 Å². The summed E-state index contributed by atoms with van der Waals surface area (Å²) in [5, 5.41) is 6.78. The van der Waals surface area contributed by atoms with E-state index < -0.39 is 0 Å². The van der Waals surface area contributed by atoms with Crippen molar-refractivity contribution in [1.82, 2.24) is 20.4 Å². The summed E-state index contributed by atoms with van der Waals surface area (Å²) in [7, 11) is 3.50. The molecule has 1 heterocycles. The predicted molar refractivity (Wildman–Crippen MR) is 114 cm³/mol. The van der Waals surface area contributed by atoms with Crippen LogP contribution in [0.3, 0.4) is 0 Å². The zero-order chi connectivity index (χ0) is 20.8. The molecule has 0 aromatic rings. The Morgan fingerprint density at radius 1 is 1.25 bits per heavy atom. The van der Waals surface area contributed by atoms with Crippen LogP contribution in [0.25, 0.3) is 0 Å². The van der Waals surface area contributed by atoms with Crippen LogP contribution in [-0.4, -0.2) is 101 Å². The largest absolute Gasteiger partial charge is 0.382 e. The highest BCUT2D eigenvalue weighted by Gasteiger charge is 2.22. The number of nitrogens with one attached hydrogen (secondary N) is 2. The van der Waals surface area contributed by atoms with E-state index in [2.05, 4.69) is 34.4 Å². The average molecular weight is 400 g/mol. The number of ether oxygens (including phenoxy) is 2. The monoisotopic (exact) mass is 399 g/mol. The molecule has 28 heavy (non-hydrogen) atoms. The summed E-state index contributed by atoms with van der Waals surface area (Å²) in [6, 6.07) is 0.420. The molecule has 1 atom stereocenters. The highest BCUT2D eigenvalue weighted by atomic mass is 16.5. The van der Waals surface area contributed by atoms with Gasteiger partial charge in [0, 0.05) is 59.5 Å². The maximum absolute atomic E-state index is 11.9. The summed E-state index contributed by atoms with van der Waals surface area (Å²) in [5.41, 5.74) is 0. The maximum atomic E-state index is 11.9. The lowest BCUT2D eigenvalue weighted by Crippen LogP contribution is -2.51. The van der Waals surface area contributed by atoms with Crippen LogP contribution in [-0.2, 0) is 14.3 Å². The molecule has 0 aliphatic carbocycles. The molecular formula is C20H41N5O3. The van der Waals surface area contributed by atoms with Crippen molar-refractivity contribution in [3.63, 3.8) is 0 Å². The van der Waals surface area contributed by atoms with Crippen molar-refractivity contribution in [1.29, 1.82) is 0 Å². The van der Waals surface area contributed by atoms with Crippen LogP contribution in [0, 0.1) is 5.92 Å². The standard InChI is InChI=1S/C20H41N5O3/c1-6-27-11-7-8-21-20(23-16-19(26)24(4)5)22-15-18(14-17(2)3)25-9-12-28-13-10-25/h17-18H,6-16H2,1-5H3,(H2,21,22,23). The Labute approximate surface area is 171 Å². The van der Waals surface area contributed by atoms with Crippen molar-refractivity contribution in [3.05, 3.63) is 0 Å². The van der Waals surface area contributed by atoms with Crippen LogP contribution in [0.1, 0.15) is 33.6 Å². The van der Waals surface area contributed by atoms with Gasteiger partial charge in [0.25, 0.3) is 0 Å². The van der Waals surface area contributed by atoms with Gasteiger partial charge in [-0.15, -0.1) is 0 Å². The zero-order valence-electron chi connectivity index (χ0n) is 18.5. The second-order valence-corrected chi connectivity index (χ2v) is 7.74. The first-order valence-electron chi connectivity index (χ1n) is 10.6. The third kappa shape index (κ3) is 10.8. The average Bonchev–Trinajstić information content (AvgIpc) is 2.68. The normalized spacial score (nSPS) is 16.9. The molecule has 8 heteroatoms. The summed E-state index contributed by atoms with van der Waals surface area (Å²) < 4.78 is 10.9. The summed E-state index contributed by atoms with van der Waals surface area (Å²) in [5.74, 6) is 1.29. The number of aliphatic imine (C=N–C) groups is 1. The minimum absolute atomic E-state index is 0.0117. The van der Waals surface area contributed by atoms with Crippen molar-refractivity contribution in [3.8, 4) is 0 Å². The Morgan fingerprint density at radius 3 is 2.57 bits per heavy atom. The molecule has 1 unspecified atom stereocenters. The number of rotatable bonds is 12. The van der Waals surface area contributed by atoms with Crippen LogP contribution in [0.2, 0.25) is 0 Å². The van der Waals surface area contributed by atoms with Gasteiger partial charge in [0.1, 0.15) is 6.54 Å². The van der Waals surface area contributed by atoms with E-state index in [1.807, 2.05) is 6.92 Å². The van der Waals surface area contributed by atoms with Gasteiger partial charge in [0.2, 0.25) is 5.91 Å². The molecular weight excluding hydrogens is 358 g/mol. The Hall–Kier alpha value is -1.38. The summed E-state index contributed by atoms with van der Waals surface area (Å²) >= 11 is 0. The molecule has 164 valence electrons. The highest BCUT2D eigenvalue weighted by molar-refractivity contribution is 5.84. The van der Waals surface area contributed by atoms with E-state index in [-0.39, 0.29) is 12.5 Å². The van der Waals surface area contributed by atoms with Gasteiger partial charge in [-0.1, -0.05) is 13.8 Å². The first-order valence-corrected chi connectivity index (χ1v) is 10.6. The topological polar surface area (TPSA) is 78.4 Å². The lowest BCUT2D eigenvalue weighted by Gasteiger charge is -2.35. The third-order valence-electron chi connectivity index (χ3n) is 4.64. The van der Waals surface area contributed by atoms with E-state index >= 15 is 0 Å². The fourth-order valence-corrected chi connectivity index (χ4v) is 3.05. The quantitative estimate of drug-likeness (QED) is 0.287. The van der Waals surface area contributed by atoms with Crippen LogP contribution in [0.5, 0.6) is 0 Å². The van der Waals surface area contributed by atoms with Gasteiger partial charge in [0.15, 0.2) is 5.96 Å². The molecule has 0 aromatic heterocycles. The van der Waals surface area contributed by atoms with E-state index in [1.54, 1.807) is 19.0 Å². The summed E-state index contributed by atoms with van der Waals surface area (Å²) in [6.07, 6.45) is 2.01. The molecule has 0 saturated carbocycles. The number of amides is 1. The predicted octanol–water partition coefficient (Wildman–Crippen LogP) is 0.783. The van der Waals surface area contributed by atoms with E-state index in [0.29, 0.717) is 17.9 Å². The Morgan fingerprint density at radius 2 is 1.96 bits per heavy atom. The second-order valence-electron chi connectivity index (χ2n) is 7.74. The molecule has 1 aliphatic heterocycles. The number of carbonyl (C=O) groups is 1. The summed E-state index contributed by atoms with van der Waals surface area (Å²) in [6.45, 7) is 13.2. The molecule has 0 spiro atoms. The smallest absolute Gasteiger partial charge is 0.243 e. The Kier molecular flexibility index (Phi) is 12.9. The van der Waals surface area contributed by atoms with Crippen molar-refractivity contribution in [2.24, 2.45) is 10.9 Å². The number of nitrogens with zero attached hydrogens (tertiary/aromatic N) is 3.